The van der Waals surface area contributed by atoms with Gasteiger partial charge in [-0.1, -0.05) is 13.8 Å². The van der Waals surface area contributed by atoms with Gasteiger partial charge in [-0.05, 0) is 18.1 Å². The summed E-state index contributed by atoms with van der Waals surface area (Å²) in [4.78, 5) is 21.5. The second-order valence-electron chi connectivity index (χ2n) is 4.43. The van der Waals surface area contributed by atoms with Gasteiger partial charge in [0.1, 0.15) is 0 Å². The maximum Gasteiger partial charge on any atom is 0.305 e. The molecule has 6 nitrogen and oxygen atoms in total. The van der Waals surface area contributed by atoms with Crippen LogP contribution in [0, 0.1) is 21.8 Å². The van der Waals surface area contributed by atoms with E-state index in [2.05, 4.69) is 5.32 Å². The fraction of sp³-hybridized carbons (Fsp3) is 0.417. The second kappa shape index (κ2) is 6.24. The van der Waals surface area contributed by atoms with Crippen LogP contribution in [0.25, 0.3) is 0 Å². The third-order valence-corrected chi connectivity index (χ3v) is 2.72. The third kappa shape index (κ3) is 3.72. The molecule has 0 aliphatic heterocycles. The minimum Gasteiger partial charge on any atom is -0.394 e. The highest BCUT2D eigenvalue weighted by molar-refractivity contribution is 5.95. The number of benzene rings is 1. The van der Waals surface area contributed by atoms with Crippen LogP contribution >= 0.6 is 0 Å². The lowest BCUT2D eigenvalue weighted by molar-refractivity contribution is -0.387. The lowest BCUT2D eigenvalue weighted by atomic mass is 10.0. The maximum atomic E-state index is 13.1. The summed E-state index contributed by atoms with van der Waals surface area (Å²) >= 11 is 0. The number of halogens is 1. The molecule has 0 aliphatic carbocycles. The minimum absolute atomic E-state index is 0.00406. The first-order valence-electron chi connectivity index (χ1n) is 5.72. The highest BCUT2D eigenvalue weighted by Gasteiger charge is 2.20. The highest BCUT2D eigenvalue weighted by atomic mass is 19.1. The molecule has 104 valence electrons. The fourth-order valence-electron chi connectivity index (χ4n) is 1.47. The number of hydrogen-bond donors (Lipinski definition) is 2. The lowest BCUT2D eigenvalue weighted by Gasteiger charge is -2.19. The summed E-state index contributed by atoms with van der Waals surface area (Å²) in [6.45, 7) is 3.38. The summed E-state index contributed by atoms with van der Waals surface area (Å²) in [5.74, 6) is -1.58. The Kier molecular flexibility index (Phi) is 4.94. The average Bonchev–Trinajstić information content (AvgIpc) is 2.35. The number of nitro benzene ring substituents is 1. The number of rotatable bonds is 5. The molecule has 0 unspecified atom stereocenters. The van der Waals surface area contributed by atoms with E-state index in [9.17, 15) is 19.3 Å². The van der Waals surface area contributed by atoms with Crippen LogP contribution in [0.4, 0.5) is 10.1 Å². The summed E-state index contributed by atoms with van der Waals surface area (Å²) in [5, 5.41) is 22.2. The van der Waals surface area contributed by atoms with Crippen molar-refractivity contribution in [3.05, 3.63) is 39.7 Å². The van der Waals surface area contributed by atoms with Gasteiger partial charge in [0.05, 0.1) is 17.6 Å². The van der Waals surface area contributed by atoms with Gasteiger partial charge in [-0.2, -0.15) is 4.39 Å². The van der Waals surface area contributed by atoms with Gasteiger partial charge in [-0.25, -0.2) is 0 Å². The topological polar surface area (TPSA) is 92.5 Å². The molecule has 1 aromatic rings. The standard InChI is InChI=1S/C12H15FN2O4/c1-7(2)10(6-16)14-12(17)8-3-4-9(13)11(5-8)15(18)19/h3-5,7,10,16H,6H2,1-2H3,(H,14,17)/t10-/m1/s1. The summed E-state index contributed by atoms with van der Waals surface area (Å²) in [6, 6.07) is 2.44. The van der Waals surface area contributed by atoms with Crippen LogP contribution < -0.4 is 5.32 Å². The van der Waals surface area contributed by atoms with E-state index in [-0.39, 0.29) is 18.1 Å². The Morgan fingerprint density at radius 1 is 1.53 bits per heavy atom. The molecule has 0 heterocycles. The zero-order valence-corrected chi connectivity index (χ0v) is 10.6. The maximum absolute atomic E-state index is 13.1. The van der Waals surface area contributed by atoms with E-state index in [0.717, 1.165) is 18.2 Å². The number of nitro groups is 1. The van der Waals surface area contributed by atoms with Crippen molar-refractivity contribution in [1.29, 1.82) is 0 Å². The molecule has 0 saturated heterocycles. The Balaban J connectivity index is 2.94. The molecular weight excluding hydrogens is 255 g/mol. The van der Waals surface area contributed by atoms with E-state index in [1.807, 2.05) is 13.8 Å². The smallest absolute Gasteiger partial charge is 0.305 e. The summed E-state index contributed by atoms with van der Waals surface area (Å²) in [6.07, 6.45) is 0. The van der Waals surface area contributed by atoms with Crippen molar-refractivity contribution < 1.29 is 19.2 Å². The normalized spacial score (nSPS) is 12.3. The number of carbonyl (C=O) groups excluding carboxylic acids is 1. The van der Waals surface area contributed by atoms with Gasteiger partial charge in [-0.15, -0.1) is 0 Å². The van der Waals surface area contributed by atoms with Crippen LogP contribution in [0.2, 0.25) is 0 Å². The van der Waals surface area contributed by atoms with Crippen LogP contribution in [-0.2, 0) is 0 Å². The van der Waals surface area contributed by atoms with E-state index >= 15 is 0 Å². The Bertz CT molecular complexity index is 491. The second-order valence-corrected chi connectivity index (χ2v) is 4.43. The van der Waals surface area contributed by atoms with Gasteiger partial charge in [0.25, 0.3) is 5.91 Å². The molecule has 0 radical (unpaired) electrons. The van der Waals surface area contributed by atoms with E-state index in [4.69, 9.17) is 5.11 Å². The third-order valence-electron chi connectivity index (χ3n) is 2.72. The molecule has 0 fully saturated rings. The van der Waals surface area contributed by atoms with Crippen molar-refractivity contribution in [3.8, 4) is 0 Å². The Morgan fingerprint density at radius 3 is 2.63 bits per heavy atom. The first kappa shape index (κ1) is 15.0. The van der Waals surface area contributed by atoms with Crippen LogP contribution in [0.15, 0.2) is 18.2 Å². The first-order valence-corrected chi connectivity index (χ1v) is 5.72. The highest BCUT2D eigenvalue weighted by Crippen LogP contribution is 2.18. The van der Waals surface area contributed by atoms with Crippen LogP contribution in [-0.4, -0.2) is 28.6 Å². The van der Waals surface area contributed by atoms with Gasteiger partial charge in [0, 0.05) is 11.6 Å². The fourth-order valence-corrected chi connectivity index (χ4v) is 1.47. The molecule has 1 rings (SSSR count). The number of amides is 1. The number of nitrogens with zero attached hydrogens (tertiary/aromatic N) is 1. The minimum atomic E-state index is -0.996. The molecule has 1 amide bonds. The Labute approximate surface area is 109 Å². The molecule has 1 atom stereocenters. The quantitative estimate of drug-likeness (QED) is 0.626. The molecule has 2 N–H and O–H groups in total. The largest absolute Gasteiger partial charge is 0.394 e. The van der Waals surface area contributed by atoms with Crippen LogP contribution in [0.3, 0.4) is 0 Å². The van der Waals surface area contributed by atoms with Crippen molar-refractivity contribution in [1.82, 2.24) is 5.32 Å². The number of aliphatic hydroxyl groups excluding tert-OH is 1. The van der Waals surface area contributed by atoms with Crippen molar-refractivity contribution in [3.63, 3.8) is 0 Å². The molecule has 0 aromatic heterocycles. The van der Waals surface area contributed by atoms with Crippen molar-refractivity contribution in [2.24, 2.45) is 5.92 Å². The summed E-state index contributed by atoms with van der Waals surface area (Å²) in [5.41, 5.74) is -0.773. The van der Waals surface area contributed by atoms with E-state index in [0.29, 0.717) is 0 Å². The average molecular weight is 270 g/mol. The molecule has 0 saturated carbocycles. The van der Waals surface area contributed by atoms with Crippen molar-refractivity contribution in [2.45, 2.75) is 19.9 Å². The summed E-state index contributed by atoms with van der Waals surface area (Å²) in [7, 11) is 0. The van der Waals surface area contributed by atoms with Crippen molar-refractivity contribution >= 4 is 11.6 Å². The van der Waals surface area contributed by atoms with E-state index < -0.39 is 28.4 Å². The lowest BCUT2D eigenvalue weighted by Crippen LogP contribution is -2.41. The SMILES string of the molecule is CC(C)[C@@H](CO)NC(=O)c1ccc(F)c([N+](=O)[O-])c1. The molecule has 0 aliphatic rings. The van der Waals surface area contributed by atoms with E-state index in [1.165, 1.54) is 0 Å². The van der Waals surface area contributed by atoms with Gasteiger partial charge in [0.2, 0.25) is 5.82 Å². The van der Waals surface area contributed by atoms with Gasteiger partial charge in [-0.3, -0.25) is 14.9 Å². The Hall–Kier alpha value is -2.02. The Morgan fingerprint density at radius 2 is 2.16 bits per heavy atom. The molecule has 0 spiro atoms. The molecular formula is C12H15FN2O4. The van der Waals surface area contributed by atoms with Gasteiger partial charge in [0.15, 0.2) is 0 Å². The monoisotopic (exact) mass is 270 g/mol. The first-order chi connectivity index (χ1) is 8.86. The van der Waals surface area contributed by atoms with Crippen LogP contribution in [0.1, 0.15) is 24.2 Å². The predicted octanol–water partition coefficient (Wildman–Crippen LogP) is 1.48. The number of hydrogen-bond acceptors (Lipinski definition) is 4. The summed E-state index contributed by atoms with van der Waals surface area (Å²) < 4.78 is 13.1. The number of nitrogens with one attached hydrogen (secondary N) is 1. The zero-order valence-electron chi connectivity index (χ0n) is 10.6. The number of carbonyl (C=O) groups is 1. The molecule has 7 heteroatoms. The molecule has 0 bridgehead atoms. The zero-order chi connectivity index (χ0) is 14.6. The predicted molar refractivity (Wildman–Crippen MR) is 66.2 cm³/mol. The van der Waals surface area contributed by atoms with Crippen molar-refractivity contribution in [2.75, 3.05) is 6.61 Å². The molecule has 1 aromatic carbocycles. The van der Waals surface area contributed by atoms with E-state index in [1.54, 1.807) is 0 Å². The number of aliphatic hydroxyl groups is 1. The molecule has 19 heavy (non-hydrogen) atoms. The van der Waals surface area contributed by atoms with Gasteiger partial charge < -0.3 is 10.4 Å². The van der Waals surface area contributed by atoms with Crippen LogP contribution in [0.5, 0.6) is 0 Å². The van der Waals surface area contributed by atoms with Gasteiger partial charge >= 0.3 is 5.69 Å².